The van der Waals surface area contributed by atoms with Crippen LogP contribution in [0.1, 0.15) is 16.1 Å². The summed E-state index contributed by atoms with van der Waals surface area (Å²) in [6.45, 7) is 1.53. The summed E-state index contributed by atoms with van der Waals surface area (Å²) in [7, 11) is 0. The maximum absolute atomic E-state index is 13.3. The number of carbonyl (C=O) groups is 1. The van der Waals surface area contributed by atoms with Crippen LogP contribution in [0.25, 0.3) is 10.9 Å². The van der Waals surface area contributed by atoms with E-state index in [-0.39, 0.29) is 16.9 Å². The molecule has 3 N–H and O–H groups in total. The number of hydrogen-bond acceptors (Lipinski definition) is 3. The normalized spacial score (nSPS) is 10.6. The van der Waals surface area contributed by atoms with E-state index < -0.39 is 11.8 Å². The molecule has 0 unspecified atom stereocenters. The van der Waals surface area contributed by atoms with E-state index in [0.717, 1.165) is 0 Å². The van der Waals surface area contributed by atoms with Gasteiger partial charge in [-0.05, 0) is 19.1 Å². The first-order chi connectivity index (χ1) is 7.50. The number of nitrogens with two attached hydrogens (primary N) is 1. The zero-order valence-electron chi connectivity index (χ0n) is 8.49. The minimum Gasteiger partial charge on any atom is -0.477 e. The van der Waals surface area contributed by atoms with Crippen molar-refractivity contribution in [1.29, 1.82) is 0 Å². The Bertz CT molecular complexity index is 596. The lowest BCUT2D eigenvalue weighted by Crippen LogP contribution is -2.03. The number of pyridine rings is 1. The average Bonchev–Trinajstić information content (AvgIpc) is 2.25. The third kappa shape index (κ3) is 1.46. The molecule has 4 nitrogen and oxygen atoms in total. The van der Waals surface area contributed by atoms with E-state index in [9.17, 15) is 9.18 Å². The van der Waals surface area contributed by atoms with Crippen LogP contribution in [-0.2, 0) is 0 Å². The van der Waals surface area contributed by atoms with E-state index >= 15 is 0 Å². The van der Waals surface area contributed by atoms with E-state index in [1.807, 2.05) is 0 Å². The summed E-state index contributed by atoms with van der Waals surface area (Å²) < 4.78 is 13.3. The van der Waals surface area contributed by atoms with Gasteiger partial charge in [0.1, 0.15) is 11.5 Å². The van der Waals surface area contributed by atoms with Gasteiger partial charge in [0.2, 0.25) is 0 Å². The summed E-state index contributed by atoms with van der Waals surface area (Å²) in [5, 5.41) is 9.27. The number of nitrogen functional groups attached to an aromatic ring is 1. The summed E-state index contributed by atoms with van der Waals surface area (Å²) in [5.41, 5.74) is 6.36. The van der Waals surface area contributed by atoms with Crippen LogP contribution < -0.4 is 5.73 Å². The molecule has 0 fully saturated rings. The number of anilines is 1. The van der Waals surface area contributed by atoms with Crippen molar-refractivity contribution >= 4 is 22.6 Å². The van der Waals surface area contributed by atoms with Gasteiger partial charge >= 0.3 is 5.97 Å². The molecule has 0 saturated heterocycles. The Balaban J connectivity index is 2.82. The second-order valence-corrected chi connectivity index (χ2v) is 3.47. The van der Waals surface area contributed by atoms with Crippen molar-refractivity contribution < 1.29 is 14.3 Å². The summed E-state index contributed by atoms with van der Waals surface area (Å²) in [5.74, 6) is -1.56. The molecule has 0 radical (unpaired) electrons. The SMILES string of the molecule is Cc1c(F)cc2ccc(C(=O)O)nc2c1N. The lowest BCUT2D eigenvalue weighted by atomic mass is 10.1. The van der Waals surface area contributed by atoms with Crippen LogP contribution in [0.5, 0.6) is 0 Å². The van der Waals surface area contributed by atoms with Crippen LogP contribution in [0.2, 0.25) is 0 Å². The smallest absolute Gasteiger partial charge is 0.354 e. The minimum absolute atomic E-state index is 0.106. The van der Waals surface area contributed by atoms with E-state index in [0.29, 0.717) is 10.9 Å². The van der Waals surface area contributed by atoms with Gasteiger partial charge in [-0.3, -0.25) is 0 Å². The number of aromatic carboxylic acids is 1. The number of benzene rings is 1. The molecule has 1 heterocycles. The number of fused-ring (bicyclic) bond motifs is 1. The average molecular weight is 220 g/mol. The second-order valence-electron chi connectivity index (χ2n) is 3.47. The van der Waals surface area contributed by atoms with E-state index in [2.05, 4.69) is 4.98 Å². The van der Waals surface area contributed by atoms with Gasteiger partial charge in [0.15, 0.2) is 0 Å². The Labute approximate surface area is 90.5 Å². The fourth-order valence-electron chi connectivity index (χ4n) is 1.47. The van der Waals surface area contributed by atoms with E-state index in [4.69, 9.17) is 10.8 Å². The minimum atomic E-state index is -1.14. The van der Waals surface area contributed by atoms with Crippen molar-refractivity contribution in [1.82, 2.24) is 4.98 Å². The molecule has 16 heavy (non-hydrogen) atoms. The van der Waals surface area contributed by atoms with Gasteiger partial charge in [-0.15, -0.1) is 0 Å². The van der Waals surface area contributed by atoms with Gasteiger partial charge < -0.3 is 10.8 Å². The molecule has 5 heteroatoms. The Kier molecular flexibility index (Phi) is 2.23. The molecule has 2 rings (SSSR count). The van der Waals surface area contributed by atoms with Crippen molar-refractivity contribution in [2.45, 2.75) is 6.92 Å². The monoisotopic (exact) mass is 220 g/mol. The van der Waals surface area contributed by atoms with Crippen molar-refractivity contribution in [3.8, 4) is 0 Å². The van der Waals surface area contributed by atoms with Gasteiger partial charge in [0.05, 0.1) is 11.2 Å². The van der Waals surface area contributed by atoms with Gasteiger partial charge in [-0.1, -0.05) is 6.07 Å². The predicted molar refractivity (Wildman–Crippen MR) is 57.8 cm³/mol. The molecule has 0 aliphatic rings. The van der Waals surface area contributed by atoms with Gasteiger partial charge in [-0.2, -0.15) is 0 Å². The quantitative estimate of drug-likeness (QED) is 0.720. The molecule has 82 valence electrons. The van der Waals surface area contributed by atoms with Crippen LogP contribution in [0.3, 0.4) is 0 Å². The maximum atomic E-state index is 13.3. The maximum Gasteiger partial charge on any atom is 0.354 e. The highest BCUT2D eigenvalue weighted by Crippen LogP contribution is 2.25. The summed E-state index contributed by atoms with van der Waals surface area (Å²) in [6.07, 6.45) is 0. The first-order valence-electron chi connectivity index (χ1n) is 4.59. The van der Waals surface area contributed by atoms with Crippen molar-refractivity contribution in [2.24, 2.45) is 0 Å². The Morgan fingerprint density at radius 3 is 2.81 bits per heavy atom. The Morgan fingerprint density at radius 2 is 2.19 bits per heavy atom. The molecule has 1 aromatic heterocycles. The second kappa shape index (κ2) is 3.44. The standard InChI is InChI=1S/C11H9FN2O2/c1-5-7(12)4-6-2-3-8(11(15)16)14-10(6)9(5)13/h2-4H,13H2,1H3,(H,15,16). The summed E-state index contributed by atoms with van der Waals surface area (Å²) in [6, 6.07) is 4.10. The van der Waals surface area contributed by atoms with Gasteiger partial charge in [0, 0.05) is 10.9 Å². The first-order valence-corrected chi connectivity index (χ1v) is 4.59. The zero-order valence-corrected chi connectivity index (χ0v) is 8.49. The highest BCUT2D eigenvalue weighted by molar-refractivity contribution is 5.95. The molecule has 0 aliphatic heterocycles. The molecular formula is C11H9FN2O2. The molecule has 0 saturated carbocycles. The van der Waals surface area contributed by atoms with Crippen LogP contribution >= 0.6 is 0 Å². The number of aromatic nitrogens is 1. The topological polar surface area (TPSA) is 76.2 Å². The van der Waals surface area contributed by atoms with Crippen LogP contribution in [0.15, 0.2) is 18.2 Å². The lowest BCUT2D eigenvalue weighted by molar-refractivity contribution is 0.0691. The molecule has 1 aromatic carbocycles. The first kappa shape index (κ1) is 10.4. The fraction of sp³-hybridized carbons (Fsp3) is 0.0909. The van der Waals surface area contributed by atoms with E-state index in [1.54, 1.807) is 0 Å². The zero-order chi connectivity index (χ0) is 11.9. The highest BCUT2D eigenvalue weighted by atomic mass is 19.1. The lowest BCUT2D eigenvalue weighted by Gasteiger charge is -2.06. The summed E-state index contributed by atoms with van der Waals surface area (Å²) >= 11 is 0. The molecule has 0 spiro atoms. The predicted octanol–water partition coefficient (Wildman–Crippen LogP) is 1.96. The number of halogens is 1. The Hall–Kier alpha value is -2.17. The number of carboxylic acids is 1. The van der Waals surface area contributed by atoms with Crippen LogP contribution in [0, 0.1) is 12.7 Å². The molecule has 0 atom stereocenters. The third-order valence-corrected chi connectivity index (χ3v) is 2.45. The number of hydrogen-bond donors (Lipinski definition) is 2. The molecule has 0 aliphatic carbocycles. The van der Waals surface area contributed by atoms with Gasteiger partial charge in [0.25, 0.3) is 0 Å². The van der Waals surface area contributed by atoms with Gasteiger partial charge in [-0.25, -0.2) is 14.2 Å². The van der Waals surface area contributed by atoms with Crippen LogP contribution in [0.4, 0.5) is 10.1 Å². The number of nitrogens with zero attached hydrogens (tertiary/aromatic N) is 1. The molecule has 0 bridgehead atoms. The van der Waals surface area contributed by atoms with E-state index in [1.165, 1.54) is 25.1 Å². The Morgan fingerprint density at radius 1 is 1.50 bits per heavy atom. The molecule has 0 amide bonds. The highest BCUT2D eigenvalue weighted by Gasteiger charge is 2.11. The third-order valence-electron chi connectivity index (χ3n) is 2.45. The van der Waals surface area contributed by atoms with Crippen molar-refractivity contribution in [2.75, 3.05) is 5.73 Å². The largest absolute Gasteiger partial charge is 0.477 e. The fourth-order valence-corrected chi connectivity index (χ4v) is 1.47. The number of rotatable bonds is 1. The number of carboxylic acid groups (broad SMARTS) is 1. The molecular weight excluding hydrogens is 211 g/mol. The van der Waals surface area contributed by atoms with Crippen LogP contribution in [-0.4, -0.2) is 16.1 Å². The molecule has 2 aromatic rings. The van der Waals surface area contributed by atoms with Crippen molar-refractivity contribution in [3.05, 3.63) is 35.3 Å². The van der Waals surface area contributed by atoms with Crippen molar-refractivity contribution in [3.63, 3.8) is 0 Å². The summed E-state index contributed by atoms with van der Waals surface area (Å²) in [4.78, 5) is 14.6.